The van der Waals surface area contributed by atoms with E-state index in [0.717, 1.165) is 37.2 Å². The van der Waals surface area contributed by atoms with Crippen molar-refractivity contribution in [3.05, 3.63) is 52.0 Å². The molecular weight excluding hydrogens is 641 g/mol. The summed E-state index contributed by atoms with van der Waals surface area (Å²) < 4.78 is 24.2. The molecule has 0 spiro atoms. The molecule has 2 aromatic heterocycles. The van der Waals surface area contributed by atoms with Gasteiger partial charge in [-0.1, -0.05) is 49.3 Å². The molecule has 0 bridgehead atoms. The van der Waals surface area contributed by atoms with Crippen molar-refractivity contribution >= 4 is 40.8 Å². The number of likely N-dealkylation sites (N-methyl/N-ethyl adjacent to an activating group) is 1. The second kappa shape index (κ2) is 15.7. The highest BCUT2D eigenvalue weighted by Gasteiger charge is 2.36. The molecule has 2 fully saturated rings. The fourth-order valence-electron chi connectivity index (χ4n) is 6.26. The summed E-state index contributed by atoms with van der Waals surface area (Å²) in [5.41, 5.74) is 0.781. The lowest BCUT2D eigenvalue weighted by atomic mass is 9.79. The third-order valence-corrected chi connectivity index (χ3v) is 10.1. The van der Waals surface area contributed by atoms with Crippen LogP contribution in [-0.4, -0.2) is 98.6 Å². The molecule has 1 aliphatic carbocycles. The van der Waals surface area contributed by atoms with Crippen LogP contribution < -0.4 is 16.0 Å². The maximum atomic E-state index is 15.7. The molecule has 258 valence electrons. The smallest absolute Gasteiger partial charge is 0.276 e. The van der Waals surface area contributed by atoms with Crippen molar-refractivity contribution in [2.75, 3.05) is 38.5 Å². The molecule has 48 heavy (non-hydrogen) atoms. The molecule has 5 rings (SSSR count). The van der Waals surface area contributed by atoms with Gasteiger partial charge in [0, 0.05) is 32.1 Å². The Morgan fingerprint density at radius 3 is 2.42 bits per heavy atom. The van der Waals surface area contributed by atoms with Crippen LogP contribution in [0, 0.1) is 17.7 Å². The zero-order chi connectivity index (χ0) is 34.4. The highest BCUT2D eigenvalue weighted by molar-refractivity contribution is 7.07. The van der Waals surface area contributed by atoms with Gasteiger partial charge in [-0.05, 0) is 72.5 Å². The maximum Gasteiger partial charge on any atom is 0.276 e. The van der Waals surface area contributed by atoms with E-state index in [1.807, 2.05) is 14.0 Å². The average molecular weight is 684 g/mol. The maximum absolute atomic E-state index is 15.7. The summed E-state index contributed by atoms with van der Waals surface area (Å²) in [5.74, 6) is -2.88. The second-order valence-electron chi connectivity index (χ2n) is 12.8. The van der Waals surface area contributed by atoms with Gasteiger partial charge in [0.25, 0.3) is 11.8 Å². The van der Waals surface area contributed by atoms with Crippen LogP contribution in [0.1, 0.15) is 83.8 Å². The number of carbonyl (C=O) groups is 4. The molecule has 4 amide bonds. The lowest BCUT2D eigenvalue weighted by Crippen LogP contribution is -2.55. The first kappa shape index (κ1) is 35.0. The van der Waals surface area contributed by atoms with Gasteiger partial charge in [-0.2, -0.15) is 0 Å². The topological polar surface area (TPSA) is 176 Å². The minimum absolute atomic E-state index is 0.0170. The number of hydrogen-bond acceptors (Lipinski definition) is 11. The Kier molecular flexibility index (Phi) is 11.5. The van der Waals surface area contributed by atoms with Crippen molar-refractivity contribution in [2.24, 2.45) is 11.8 Å². The summed E-state index contributed by atoms with van der Waals surface area (Å²) in [6.45, 7) is 8.10. The molecule has 3 atom stereocenters. The van der Waals surface area contributed by atoms with E-state index in [4.69, 9.17) is 4.63 Å². The number of rotatable bonds is 11. The Labute approximate surface area is 282 Å². The first-order valence-electron chi connectivity index (χ1n) is 16.3. The van der Waals surface area contributed by atoms with Crippen LogP contribution in [0.5, 0.6) is 0 Å². The number of nitrogens with one attached hydrogen (secondary N) is 3. The number of aromatic nitrogens is 4. The second-order valence-corrected chi connectivity index (χ2v) is 13.5. The summed E-state index contributed by atoms with van der Waals surface area (Å²) >= 11 is 0.913. The molecule has 1 saturated carbocycles. The van der Waals surface area contributed by atoms with E-state index in [1.54, 1.807) is 17.9 Å². The number of aryl methyl sites for hydroxylation is 1. The predicted molar refractivity (Wildman–Crippen MR) is 175 cm³/mol. The van der Waals surface area contributed by atoms with Gasteiger partial charge in [-0.3, -0.25) is 19.2 Å². The lowest BCUT2D eigenvalue weighted by molar-refractivity contribution is -0.135. The molecule has 3 heterocycles. The number of piperazine rings is 1. The molecule has 3 N–H and O–H groups in total. The highest BCUT2D eigenvalue weighted by atomic mass is 32.1. The minimum atomic E-state index is -0.991. The largest absolute Gasteiger partial charge is 0.339 e. The molecule has 1 saturated heterocycles. The van der Waals surface area contributed by atoms with Crippen molar-refractivity contribution in [2.45, 2.75) is 70.9 Å². The van der Waals surface area contributed by atoms with Crippen LogP contribution in [0.2, 0.25) is 0 Å². The summed E-state index contributed by atoms with van der Waals surface area (Å²) in [5, 5.41) is 19.5. The van der Waals surface area contributed by atoms with E-state index in [-0.39, 0.29) is 28.1 Å². The summed E-state index contributed by atoms with van der Waals surface area (Å²) in [4.78, 5) is 57.7. The third kappa shape index (κ3) is 8.21. The van der Waals surface area contributed by atoms with E-state index in [2.05, 4.69) is 47.7 Å². The molecule has 1 aromatic carbocycles. The Morgan fingerprint density at radius 1 is 1.04 bits per heavy atom. The predicted octanol–water partition coefficient (Wildman–Crippen LogP) is 2.86. The number of halogens is 1. The van der Waals surface area contributed by atoms with Gasteiger partial charge in [0.2, 0.25) is 11.8 Å². The van der Waals surface area contributed by atoms with Crippen LogP contribution in [-0.2, 0) is 16.0 Å². The summed E-state index contributed by atoms with van der Waals surface area (Å²) in [6.07, 6.45) is 5.01. The van der Waals surface area contributed by atoms with Crippen molar-refractivity contribution in [3.8, 4) is 0 Å². The van der Waals surface area contributed by atoms with Crippen molar-refractivity contribution < 1.29 is 28.2 Å². The van der Waals surface area contributed by atoms with E-state index in [9.17, 15) is 19.2 Å². The van der Waals surface area contributed by atoms with Gasteiger partial charge in [-0.15, -0.1) is 5.10 Å². The van der Waals surface area contributed by atoms with E-state index in [0.29, 0.717) is 49.8 Å². The lowest BCUT2D eigenvalue weighted by Gasteiger charge is -2.36. The Hall–Kier alpha value is -4.31. The SMILES string of the molecule is CCc1nonc1C(=O)N[C@H](C(=O)Nc1ccc([C@H](C)[C@@H](NC(=O)c2cnns2)C(=O)N2CCN(C)CC2)cc1F)C1CCC(C)CC1. The van der Waals surface area contributed by atoms with Gasteiger partial charge < -0.3 is 25.8 Å². The fourth-order valence-corrected chi connectivity index (χ4v) is 6.68. The fraction of sp³-hybridized carbons (Fsp3) is 0.562. The number of hydrogen-bond donors (Lipinski definition) is 3. The molecule has 16 heteroatoms. The van der Waals surface area contributed by atoms with Crippen LogP contribution in [0.15, 0.2) is 29.0 Å². The van der Waals surface area contributed by atoms with Crippen LogP contribution in [0.3, 0.4) is 0 Å². The molecular formula is C32H42FN9O5S. The normalized spacial score (nSPS) is 20.4. The molecule has 14 nitrogen and oxygen atoms in total. The number of carbonyl (C=O) groups excluding carboxylic acids is 4. The van der Waals surface area contributed by atoms with Crippen molar-refractivity contribution in [1.29, 1.82) is 0 Å². The van der Waals surface area contributed by atoms with Crippen LogP contribution in [0.4, 0.5) is 10.1 Å². The van der Waals surface area contributed by atoms with Gasteiger partial charge in [0.1, 0.15) is 28.5 Å². The van der Waals surface area contributed by atoms with Crippen molar-refractivity contribution in [3.63, 3.8) is 0 Å². The first-order valence-corrected chi connectivity index (χ1v) is 17.1. The Balaban J connectivity index is 1.34. The monoisotopic (exact) mass is 683 g/mol. The van der Waals surface area contributed by atoms with Gasteiger partial charge in [-0.25, -0.2) is 9.02 Å². The molecule has 3 aromatic rings. The van der Waals surface area contributed by atoms with Gasteiger partial charge in [0.05, 0.1) is 11.9 Å². The van der Waals surface area contributed by atoms with E-state index in [1.165, 1.54) is 18.3 Å². The summed E-state index contributed by atoms with van der Waals surface area (Å²) in [7, 11) is 1.98. The standard InChI is InChI=1S/C32H42FN9O5S/c1-5-23-28(39-47-38-23)31(45)37-27(20-8-6-18(2)7-9-20)30(44)35-24-11-10-21(16-22(24)33)19(3)26(36-29(43)25-17-34-40-48-25)32(46)42-14-12-41(4)13-15-42/h10-11,16-20,26-27H,5-9,12-15H2,1-4H3,(H,35,44)(H,36,43)(H,37,45)/t18?,19-,20?,26+,27-/m0/s1. The van der Waals surface area contributed by atoms with Gasteiger partial charge >= 0.3 is 0 Å². The number of amides is 4. The number of benzene rings is 1. The molecule has 2 aliphatic rings. The first-order chi connectivity index (χ1) is 23.0. The van der Waals surface area contributed by atoms with E-state index < -0.39 is 41.5 Å². The molecule has 0 radical (unpaired) electrons. The Bertz CT molecular complexity index is 1590. The quantitative estimate of drug-likeness (QED) is 0.273. The highest BCUT2D eigenvalue weighted by Crippen LogP contribution is 2.32. The van der Waals surface area contributed by atoms with Gasteiger partial charge in [0.15, 0.2) is 5.69 Å². The van der Waals surface area contributed by atoms with Crippen molar-refractivity contribution in [1.82, 2.24) is 40.3 Å². The molecule has 1 aliphatic heterocycles. The average Bonchev–Trinajstić information content (AvgIpc) is 3.80. The summed E-state index contributed by atoms with van der Waals surface area (Å²) in [6, 6.07) is 2.39. The van der Waals surface area contributed by atoms with Crippen LogP contribution >= 0.6 is 11.5 Å². The number of nitrogens with zero attached hydrogens (tertiary/aromatic N) is 6. The molecule has 0 unspecified atom stereocenters. The minimum Gasteiger partial charge on any atom is -0.339 e. The zero-order valence-electron chi connectivity index (χ0n) is 27.6. The third-order valence-electron chi connectivity index (χ3n) is 9.44. The number of anilines is 1. The van der Waals surface area contributed by atoms with Crippen LogP contribution in [0.25, 0.3) is 0 Å². The Morgan fingerprint density at radius 2 is 1.77 bits per heavy atom. The van der Waals surface area contributed by atoms with E-state index >= 15 is 4.39 Å². The zero-order valence-corrected chi connectivity index (χ0v) is 28.4.